The zero-order chi connectivity index (χ0) is 13.0. The fourth-order valence-electron chi connectivity index (χ4n) is 2.39. The number of nitrogens with two attached hydrogens (primary N) is 1. The Hall–Kier alpha value is -0.530. The molecular formula is C13H25IN4O. The first-order valence-corrected chi connectivity index (χ1v) is 6.93. The fraction of sp³-hybridized carbons (Fsp3) is 0.846. The van der Waals surface area contributed by atoms with E-state index in [1.54, 1.807) is 4.90 Å². The molecule has 5 nitrogen and oxygen atoms in total. The second-order valence-electron chi connectivity index (χ2n) is 5.58. The average molecular weight is 380 g/mol. The van der Waals surface area contributed by atoms with Crippen molar-refractivity contribution in [2.24, 2.45) is 22.6 Å². The lowest BCUT2D eigenvalue weighted by molar-refractivity contribution is -0.133. The van der Waals surface area contributed by atoms with Gasteiger partial charge in [0.25, 0.3) is 0 Å². The van der Waals surface area contributed by atoms with Crippen LogP contribution in [-0.4, -0.2) is 43.4 Å². The lowest BCUT2D eigenvalue weighted by Gasteiger charge is -2.28. The molecule has 6 heteroatoms. The van der Waals surface area contributed by atoms with Crippen molar-refractivity contribution in [1.82, 2.24) is 10.2 Å². The van der Waals surface area contributed by atoms with Gasteiger partial charge in [-0.2, -0.15) is 0 Å². The van der Waals surface area contributed by atoms with Crippen molar-refractivity contribution < 1.29 is 4.79 Å². The van der Waals surface area contributed by atoms with Crippen LogP contribution in [0.5, 0.6) is 0 Å². The first-order valence-electron chi connectivity index (χ1n) is 6.93. The molecule has 0 aromatic heterocycles. The molecule has 0 spiro atoms. The van der Waals surface area contributed by atoms with Crippen molar-refractivity contribution >= 4 is 35.8 Å². The van der Waals surface area contributed by atoms with Crippen LogP contribution in [0.15, 0.2) is 4.99 Å². The van der Waals surface area contributed by atoms with Gasteiger partial charge in [0, 0.05) is 33.1 Å². The summed E-state index contributed by atoms with van der Waals surface area (Å²) < 4.78 is 0. The molecule has 19 heavy (non-hydrogen) atoms. The van der Waals surface area contributed by atoms with E-state index >= 15 is 0 Å². The van der Waals surface area contributed by atoms with Gasteiger partial charge in [-0.05, 0) is 31.1 Å². The monoisotopic (exact) mass is 380 g/mol. The van der Waals surface area contributed by atoms with Crippen LogP contribution in [-0.2, 0) is 4.79 Å². The Morgan fingerprint density at radius 2 is 2.16 bits per heavy atom. The number of carbonyl (C=O) groups is 1. The lowest BCUT2D eigenvalue weighted by atomic mass is 9.85. The molecule has 1 heterocycles. The number of rotatable bonds is 4. The van der Waals surface area contributed by atoms with Crippen LogP contribution in [0, 0.1) is 11.8 Å². The van der Waals surface area contributed by atoms with Crippen LogP contribution in [0.4, 0.5) is 0 Å². The van der Waals surface area contributed by atoms with E-state index < -0.39 is 0 Å². The summed E-state index contributed by atoms with van der Waals surface area (Å²) in [6.45, 7) is 2.46. The van der Waals surface area contributed by atoms with E-state index in [0.717, 1.165) is 25.4 Å². The number of halogens is 1. The molecule has 1 aliphatic heterocycles. The summed E-state index contributed by atoms with van der Waals surface area (Å²) in [5, 5.41) is 3.18. The lowest BCUT2D eigenvalue weighted by Crippen LogP contribution is -2.39. The molecule has 1 unspecified atom stereocenters. The van der Waals surface area contributed by atoms with Gasteiger partial charge in [0.05, 0.1) is 0 Å². The summed E-state index contributed by atoms with van der Waals surface area (Å²) >= 11 is 0. The molecular weight excluding hydrogens is 355 g/mol. The third-order valence-corrected chi connectivity index (χ3v) is 4.08. The molecule has 3 N–H and O–H groups in total. The number of amides is 1. The molecule has 2 fully saturated rings. The van der Waals surface area contributed by atoms with Crippen molar-refractivity contribution in [2.45, 2.75) is 32.1 Å². The Labute approximate surface area is 132 Å². The van der Waals surface area contributed by atoms with Crippen LogP contribution in [0.25, 0.3) is 0 Å². The molecule has 2 aliphatic rings. The van der Waals surface area contributed by atoms with Gasteiger partial charge in [-0.25, -0.2) is 0 Å². The Morgan fingerprint density at radius 3 is 2.74 bits per heavy atom. The largest absolute Gasteiger partial charge is 0.370 e. The van der Waals surface area contributed by atoms with E-state index in [2.05, 4.69) is 10.3 Å². The smallest absolute Gasteiger partial charge is 0.222 e. The molecule has 1 saturated heterocycles. The van der Waals surface area contributed by atoms with Crippen molar-refractivity contribution in [3.8, 4) is 0 Å². The average Bonchev–Trinajstić information content (AvgIpc) is 2.29. The topological polar surface area (TPSA) is 70.7 Å². The number of nitrogens with zero attached hydrogens (tertiary/aromatic N) is 2. The zero-order valence-corrected chi connectivity index (χ0v) is 13.9. The van der Waals surface area contributed by atoms with Gasteiger partial charge in [0.15, 0.2) is 5.96 Å². The molecule has 110 valence electrons. The highest BCUT2D eigenvalue weighted by Crippen LogP contribution is 2.25. The van der Waals surface area contributed by atoms with E-state index in [4.69, 9.17) is 5.73 Å². The summed E-state index contributed by atoms with van der Waals surface area (Å²) in [4.78, 5) is 17.7. The minimum Gasteiger partial charge on any atom is -0.370 e. The third-order valence-electron chi connectivity index (χ3n) is 4.08. The quantitative estimate of drug-likeness (QED) is 0.437. The molecule has 1 atom stereocenters. The number of aliphatic imine (C=N–C) groups is 1. The van der Waals surface area contributed by atoms with Gasteiger partial charge in [-0.1, -0.05) is 6.42 Å². The summed E-state index contributed by atoms with van der Waals surface area (Å²) in [6, 6.07) is 0. The normalized spacial score (nSPS) is 24.7. The zero-order valence-electron chi connectivity index (χ0n) is 11.6. The summed E-state index contributed by atoms with van der Waals surface area (Å²) in [5.41, 5.74) is 5.82. The Balaban J connectivity index is 0.00000180. The van der Waals surface area contributed by atoms with Gasteiger partial charge in [0.2, 0.25) is 5.91 Å². The van der Waals surface area contributed by atoms with Crippen molar-refractivity contribution in [3.63, 3.8) is 0 Å². The predicted molar refractivity (Wildman–Crippen MR) is 87.6 cm³/mol. The first kappa shape index (κ1) is 16.5. The second kappa shape index (κ2) is 7.91. The number of guanidine groups is 1. The SMILES string of the molecule is CN1CCC(CN=C(N)NCC2CCC2)CC1=O.I. The van der Waals surface area contributed by atoms with E-state index in [-0.39, 0.29) is 29.9 Å². The Bertz CT molecular complexity index is 331. The fourth-order valence-corrected chi connectivity index (χ4v) is 2.39. The number of nitrogens with one attached hydrogen (secondary N) is 1. The molecule has 0 aromatic carbocycles. The van der Waals surface area contributed by atoms with Crippen LogP contribution in [0.3, 0.4) is 0 Å². The van der Waals surface area contributed by atoms with E-state index in [0.29, 0.717) is 24.8 Å². The maximum Gasteiger partial charge on any atom is 0.222 e. The summed E-state index contributed by atoms with van der Waals surface area (Å²) in [6.07, 6.45) is 5.60. The number of hydrogen-bond acceptors (Lipinski definition) is 2. The van der Waals surface area contributed by atoms with Gasteiger partial charge in [-0.15, -0.1) is 24.0 Å². The number of carbonyl (C=O) groups excluding carboxylic acids is 1. The minimum atomic E-state index is 0. The maximum atomic E-state index is 11.5. The van der Waals surface area contributed by atoms with Gasteiger partial charge in [-0.3, -0.25) is 9.79 Å². The number of hydrogen-bond donors (Lipinski definition) is 2. The van der Waals surface area contributed by atoms with E-state index in [1.165, 1.54) is 19.3 Å². The molecule has 0 radical (unpaired) electrons. The van der Waals surface area contributed by atoms with E-state index in [9.17, 15) is 4.79 Å². The molecule has 0 bridgehead atoms. The minimum absolute atomic E-state index is 0. The van der Waals surface area contributed by atoms with E-state index in [1.807, 2.05) is 7.05 Å². The number of likely N-dealkylation sites (tertiary alicyclic amines) is 1. The highest BCUT2D eigenvalue weighted by Gasteiger charge is 2.23. The summed E-state index contributed by atoms with van der Waals surface area (Å²) in [7, 11) is 1.86. The number of piperidine rings is 1. The molecule has 1 aliphatic carbocycles. The third kappa shape index (κ3) is 5.16. The molecule has 1 saturated carbocycles. The maximum absolute atomic E-state index is 11.5. The van der Waals surface area contributed by atoms with Crippen LogP contribution in [0.2, 0.25) is 0 Å². The van der Waals surface area contributed by atoms with Crippen molar-refractivity contribution in [2.75, 3.05) is 26.7 Å². The van der Waals surface area contributed by atoms with Crippen molar-refractivity contribution in [3.05, 3.63) is 0 Å². The first-order chi connectivity index (χ1) is 8.65. The van der Waals surface area contributed by atoms with Gasteiger partial charge >= 0.3 is 0 Å². The highest BCUT2D eigenvalue weighted by atomic mass is 127. The molecule has 1 amide bonds. The highest BCUT2D eigenvalue weighted by molar-refractivity contribution is 14.0. The van der Waals surface area contributed by atoms with Crippen LogP contribution < -0.4 is 11.1 Å². The van der Waals surface area contributed by atoms with Gasteiger partial charge in [0.1, 0.15) is 0 Å². The Morgan fingerprint density at radius 1 is 1.42 bits per heavy atom. The van der Waals surface area contributed by atoms with Crippen LogP contribution >= 0.6 is 24.0 Å². The second-order valence-corrected chi connectivity index (χ2v) is 5.58. The molecule has 0 aromatic rings. The summed E-state index contributed by atoms with van der Waals surface area (Å²) in [5.74, 6) is 1.90. The Kier molecular flexibility index (Phi) is 6.88. The standard InChI is InChI=1S/C13H24N4O.HI/c1-17-6-5-11(7-12(17)18)9-16-13(14)15-8-10-3-2-4-10;/h10-11H,2-9H2,1H3,(H3,14,15,16);1H. The van der Waals surface area contributed by atoms with Crippen LogP contribution in [0.1, 0.15) is 32.1 Å². The predicted octanol–water partition coefficient (Wildman–Crippen LogP) is 1.18. The van der Waals surface area contributed by atoms with Gasteiger partial charge < -0.3 is 16.0 Å². The molecule has 2 rings (SSSR count). The van der Waals surface area contributed by atoms with Crippen molar-refractivity contribution in [1.29, 1.82) is 0 Å².